The van der Waals surface area contributed by atoms with Crippen molar-refractivity contribution in [3.05, 3.63) is 18.5 Å². The van der Waals surface area contributed by atoms with Crippen LogP contribution in [0.3, 0.4) is 0 Å². The first-order chi connectivity index (χ1) is 9.44. The predicted octanol–water partition coefficient (Wildman–Crippen LogP) is -0.732. The highest BCUT2D eigenvalue weighted by atomic mass is 32.2. The molecule has 0 aromatic carbocycles. The zero-order valence-corrected chi connectivity index (χ0v) is 11.2. The van der Waals surface area contributed by atoms with Crippen LogP contribution in [0.25, 0.3) is 11.0 Å². The van der Waals surface area contributed by atoms with E-state index in [9.17, 15) is 13.2 Å². The Bertz CT molecular complexity index is 769. The average Bonchev–Trinajstić information content (AvgIpc) is 2.92. The third kappa shape index (κ3) is 2.37. The number of rotatable bonds is 2. The summed E-state index contributed by atoms with van der Waals surface area (Å²) >= 11 is 0. The van der Waals surface area contributed by atoms with Crippen LogP contribution >= 0.6 is 0 Å². The Morgan fingerprint density at radius 3 is 2.90 bits per heavy atom. The van der Waals surface area contributed by atoms with Crippen LogP contribution in [0.2, 0.25) is 0 Å². The molecule has 3 rings (SSSR count). The minimum absolute atomic E-state index is 0.149. The van der Waals surface area contributed by atoms with E-state index in [0.717, 1.165) is 5.39 Å². The van der Waals surface area contributed by atoms with Crippen molar-refractivity contribution in [3.8, 4) is 0 Å². The number of carbonyl (C=O) groups is 1. The zero-order chi connectivity index (χ0) is 14.3. The maximum Gasteiger partial charge on any atom is 0.230 e. The summed E-state index contributed by atoms with van der Waals surface area (Å²) in [6, 6.07) is 1.05. The van der Waals surface area contributed by atoms with Crippen LogP contribution in [0.5, 0.6) is 0 Å². The van der Waals surface area contributed by atoms with E-state index in [0.29, 0.717) is 11.3 Å². The van der Waals surface area contributed by atoms with Gasteiger partial charge in [0.2, 0.25) is 5.91 Å². The van der Waals surface area contributed by atoms with Crippen molar-refractivity contribution in [2.75, 3.05) is 16.8 Å². The number of aromatic amines is 1. The molecule has 2 aromatic rings. The summed E-state index contributed by atoms with van der Waals surface area (Å²) in [5.41, 5.74) is 6.81. The maximum atomic E-state index is 12.1. The smallest absolute Gasteiger partial charge is 0.230 e. The van der Waals surface area contributed by atoms with Crippen molar-refractivity contribution >= 4 is 32.5 Å². The van der Waals surface area contributed by atoms with Crippen molar-refractivity contribution in [1.29, 1.82) is 0 Å². The van der Waals surface area contributed by atoms with Crippen LogP contribution in [0.15, 0.2) is 18.5 Å². The van der Waals surface area contributed by atoms with E-state index in [1.165, 1.54) is 6.20 Å². The van der Waals surface area contributed by atoms with Crippen LogP contribution in [0, 0.1) is 5.92 Å². The second kappa shape index (κ2) is 4.53. The number of carbonyl (C=O) groups excluding carboxylic acids is 1. The lowest BCUT2D eigenvalue weighted by Gasteiger charge is -2.13. The molecule has 2 atom stereocenters. The molecule has 20 heavy (non-hydrogen) atoms. The van der Waals surface area contributed by atoms with Gasteiger partial charge in [-0.15, -0.1) is 0 Å². The Kier molecular flexibility index (Phi) is 2.94. The van der Waals surface area contributed by atoms with Crippen LogP contribution in [-0.2, 0) is 14.6 Å². The number of anilines is 1. The van der Waals surface area contributed by atoms with Crippen molar-refractivity contribution in [1.82, 2.24) is 15.2 Å². The van der Waals surface area contributed by atoms with Crippen molar-refractivity contribution in [3.63, 3.8) is 0 Å². The van der Waals surface area contributed by atoms with Crippen molar-refractivity contribution in [2.45, 2.75) is 6.04 Å². The van der Waals surface area contributed by atoms with Gasteiger partial charge in [-0.05, 0) is 6.07 Å². The maximum absolute atomic E-state index is 12.1. The molecule has 1 aliphatic heterocycles. The first-order valence-electron chi connectivity index (χ1n) is 6.00. The van der Waals surface area contributed by atoms with Gasteiger partial charge in [-0.2, -0.15) is 5.10 Å². The van der Waals surface area contributed by atoms with Gasteiger partial charge in [0, 0.05) is 11.4 Å². The van der Waals surface area contributed by atoms with Crippen molar-refractivity contribution < 1.29 is 13.2 Å². The van der Waals surface area contributed by atoms with Gasteiger partial charge in [0.1, 0.15) is 0 Å². The molecule has 9 heteroatoms. The average molecular weight is 295 g/mol. The molecule has 0 spiro atoms. The molecular formula is C11H13N5O3S. The Labute approximate surface area is 114 Å². The highest BCUT2D eigenvalue weighted by Crippen LogP contribution is 2.20. The van der Waals surface area contributed by atoms with Gasteiger partial charge < -0.3 is 11.1 Å². The molecule has 106 valence electrons. The van der Waals surface area contributed by atoms with E-state index in [4.69, 9.17) is 5.73 Å². The molecule has 0 aliphatic carbocycles. The number of fused-ring (bicyclic) bond motifs is 1. The summed E-state index contributed by atoms with van der Waals surface area (Å²) in [7, 11) is -3.22. The number of H-pyrrole nitrogens is 1. The van der Waals surface area contributed by atoms with Gasteiger partial charge in [0.25, 0.3) is 0 Å². The summed E-state index contributed by atoms with van der Waals surface area (Å²) in [4.78, 5) is 16.2. The zero-order valence-electron chi connectivity index (χ0n) is 10.4. The Morgan fingerprint density at radius 2 is 2.20 bits per heavy atom. The molecule has 4 N–H and O–H groups in total. The van der Waals surface area contributed by atoms with Crippen LogP contribution in [0.1, 0.15) is 0 Å². The number of pyridine rings is 1. The van der Waals surface area contributed by atoms with Crippen molar-refractivity contribution in [2.24, 2.45) is 11.7 Å². The topological polar surface area (TPSA) is 131 Å². The number of nitrogens with two attached hydrogens (primary N) is 1. The molecule has 1 saturated heterocycles. The van der Waals surface area contributed by atoms with E-state index in [-0.39, 0.29) is 11.5 Å². The third-order valence-corrected chi connectivity index (χ3v) is 5.05. The van der Waals surface area contributed by atoms with Crippen LogP contribution < -0.4 is 11.1 Å². The summed E-state index contributed by atoms with van der Waals surface area (Å²) in [6.45, 7) is 0. The lowest BCUT2D eigenvalue weighted by atomic mass is 10.0. The fraction of sp³-hybridized carbons (Fsp3) is 0.364. The first-order valence-corrected chi connectivity index (χ1v) is 7.83. The molecule has 0 bridgehead atoms. The highest BCUT2D eigenvalue weighted by molar-refractivity contribution is 7.91. The van der Waals surface area contributed by atoms with Gasteiger partial charge in [0.15, 0.2) is 15.5 Å². The molecule has 0 unspecified atom stereocenters. The molecule has 2 aromatic heterocycles. The molecule has 0 radical (unpaired) electrons. The number of nitrogens with one attached hydrogen (secondary N) is 2. The van der Waals surface area contributed by atoms with E-state index in [2.05, 4.69) is 20.5 Å². The fourth-order valence-electron chi connectivity index (χ4n) is 2.28. The first kappa shape index (κ1) is 13.0. The molecule has 1 aliphatic rings. The fourth-order valence-corrected chi connectivity index (χ4v) is 4.19. The Morgan fingerprint density at radius 1 is 1.40 bits per heavy atom. The summed E-state index contributed by atoms with van der Waals surface area (Å²) in [5, 5.41) is 9.93. The number of amides is 1. The molecule has 1 amide bonds. The SMILES string of the molecule is N[C@@H]1CS(=O)(=O)C[C@H]1C(=O)Nc1cnc2[nH]ncc2c1. The minimum Gasteiger partial charge on any atom is -0.326 e. The lowest BCUT2D eigenvalue weighted by Crippen LogP contribution is -2.37. The minimum atomic E-state index is -3.22. The second-order valence-corrected chi connectivity index (χ2v) is 7.02. The normalized spacial score (nSPS) is 24.9. The second-order valence-electron chi connectivity index (χ2n) is 4.87. The molecule has 8 nitrogen and oxygen atoms in total. The van der Waals surface area contributed by atoms with Crippen LogP contribution in [0.4, 0.5) is 5.69 Å². The predicted molar refractivity (Wildman–Crippen MR) is 72.6 cm³/mol. The summed E-state index contributed by atoms with van der Waals surface area (Å²) < 4.78 is 22.9. The molecular weight excluding hydrogens is 282 g/mol. The highest BCUT2D eigenvalue weighted by Gasteiger charge is 2.39. The van der Waals surface area contributed by atoms with Crippen LogP contribution in [-0.4, -0.2) is 47.1 Å². The van der Waals surface area contributed by atoms with Gasteiger partial charge in [0.05, 0.1) is 35.5 Å². The summed E-state index contributed by atoms with van der Waals surface area (Å²) in [6.07, 6.45) is 3.07. The number of aromatic nitrogens is 3. The number of nitrogens with zero attached hydrogens (tertiary/aromatic N) is 2. The molecule has 0 saturated carbocycles. The van der Waals surface area contributed by atoms with E-state index >= 15 is 0 Å². The standard InChI is InChI=1S/C11H13N5O3S/c12-9-5-20(18,19)4-8(9)11(17)15-7-1-6-2-14-16-10(6)13-3-7/h1-3,8-9H,4-5,12H2,(H,15,17)(H,13,14,16)/t8-,9-/m1/s1. The summed E-state index contributed by atoms with van der Waals surface area (Å²) in [5.74, 6) is -1.48. The number of sulfone groups is 1. The largest absolute Gasteiger partial charge is 0.326 e. The number of hydrogen-bond donors (Lipinski definition) is 3. The molecule has 1 fully saturated rings. The van der Waals surface area contributed by atoms with Gasteiger partial charge in [-0.25, -0.2) is 13.4 Å². The lowest BCUT2D eigenvalue weighted by molar-refractivity contribution is -0.119. The molecule has 3 heterocycles. The Hall–Kier alpha value is -2.00. The van der Waals surface area contributed by atoms with E-state index in [1.54, 1.807) is 12.3 Å². The van der Waals surface area contributed by atoms with Gasteiger partial charge >= 0.3 is 0 Å². The van der Waals surface area contributed by atoms with E-state index in [1.807, 2.05) is 0 Å². The monoisotopic (exact) mass is 295 g/mol. The number of hydrogen-bond acceptors (Lipinski definition) is 6. The van der Waals surface area contributed by atoms with Gasteiger partial charge in [-0.3, -0.25) is 9.89 Å². The quantitative estimate of drug-likeness (QED) is 0.669. The van der Waals surface area contributed by atoms with Gasteiger partial charge in [-0.1, -0.05) is 0 Å². The van der Waals surface area contributed by atoms with E-state index < -0.39 is 27.7 Å². The Balaban J connectivity index is 1.78. The third-order valence-electron chi connectivity index (χ3n) is 3.29.